The van der Waals surface area contributed by atoms with E-state index >= 15 is 0 Å². The molecule has 0 saturated carbocycles. The van der Waals surface area contributed by atoms with Gasteiger partial charge in [0.15, 0.2) is 0 Å². The Bertz CT molecular complexity index is 684. The van der Waals surface area contributed by atoms with Crippen molar-refractivity contribution in [3.8, 4) is 0 Å². The number of para-hydroxylation sites is 1. The van der Waals surface area contributed by atoms with Gasteiger partial charge in [0, 0.05) is 13.0 Å². The van der Waals surface area contributed by atoms with Crippen molar-refractivity contribution >= 4 is 22.9 Å². The van der Waals surface area contributed by atoms with E-state index in [4.69, 9.17) is 4.84 Å². The molecule has 2 aromatic rings. The summed E-state index contributed by atoms with van der Waals surface area (Å²) in [7, 11) is 0. The average molecular weight is 345 g/mol. The molecule has 0 unspecified atom stereocenters. The smallest absolute Gasteiger partial charge is 0.243 e. The van der Waals surface area contributed by atoms with Gasteiger partial charge in [-0.05, 0) is 45.7 Å². The maximum absolute atomic E-state index is 11.6. The van der Waals surface area contributed by atoms with E-state index in [-0.39, 0.29) is 11.5 Å². The van der Waals surface area contributed by atoms with Gasteiger partial charge in [0.25, 0.3) is 0 Å². The normalized spacial score (nSPS) is 11.5. The third-order valence-corrected chi connectivity index (χ3v) is 3.45. The van der Waals surface area contributed by atoms with Gasteiger partial charge >= 0.3 is 0 Å². The molecule has 0 radical (unpaired) electrons. The number of aromatic nitrogens is 3. The van der Waals surface area contributed by atoms with E-state index in [0.717, 1.165) is 43.3 Å². The molecular weight excluding hydrogens is 318 g/mol. The number of anilines is 1. The van der Waals surface area contributed by atoms with E-state index in [2.05, 4.69) is 26.0 Å². The van der Waals surface area contributed by atoms with Crippen molar-refractivity contribution in [1.82, 2.24) is 20.7 Å². The number of carbonyl (C=O) groups excluding carboxylic acids is 1. The molecule has 1 aromatic heterocycles. The molecule has 0 aliphatic carbocycles. The van der Waals surface area contributed by atoms with E-state index in [9.17, 15) is 4.79 Å². The molecule has 0 saturated heterocycles. The summed E-state index contributed by atoms with van der Waals surface area (Å²) in [5, 5.41) is 11.4. The summed E-state index contributed by atoms with van der Waals surface area (Å²) in [6.07, 6.45) is 4.38. The molecule has 0 bridgehead atoms. The van der Waals surface area contributed by atoms with Gasteiger partial charge < -0.3 is 5.32 Å². The molecule has 1 amide bonds. The summed E-state index contributed by atoms with van der Waals surface area (Å²) >= 11 is 0. The van der Waals surface area contributed by atoms with Crippen LogP contribution in [0.2, 0.25) is 0 Å². The van der Waals surface area contributed by atoms with Gasteiger partial charge in [0.1, 0.15) is 5.52 Å². The molecule has 1 heterocycles. The third kappa shape index (κ3) is 7.43. The molecule has 25 heavy (non-hydrogen) atoms. The van der Waals surface area contributed by atoms with Crippen LogP contribution in [0.15, 0.2) is 24.3 Å². The summed E-state index contributed by atoms with van der Waals surface area (Å²) < 4.78 is 0. The zero-order valence-electron chi connectivity index (χ0n) is 15.2. The molecule has 0 aliphatic heterocycles. The summed E-state index contributed by atoms with van der Waals surface area (Å²) in [6, 6.07) is 7.66. The maximum atomic E-state index is 11.6. The molecular formula is C18H27N5O2. The zero-order chi connectivity index (χ0) is 18.1. The fourth-order valence-corrected chi connectivity index (χ4v) is 2.18. The molecule has 0 aliphatic rings. The lowest BCUT2D eigenvalue weighted by molar-refractivity contribution is -0.145. The van der Waals surface area contributed by atoms with Crippen molar-refractivity contribution in [2.24, 2.45) is 0 Å². The predicted octanol–water partition coefficient (Wildman–Crippen LogP) is 3.23. The van der Waals surface area contributed by atoms with Crippen LogP contribution >= 0.6 is 0 Å². The quantitative estimate of drug-likeness (QED) is 0.536. The van der Waals surface area contributed by atoms with E-state index in [1.165, 1.54) is 0 Å². The Morgan fingerprint density at radius 2 is 1.76 bits per heavy atom. The number of nitrogens with one attached hydrogen (secondary N) is 2. The molecule has 1 aromatic carbocycles. The van der Waals surface area contributed by atoms with E-state index in [1.807, 2.05) is 45.0 Å². The SMILES string of the molecule is CC(C)(C)ONC(=O)CCCCCCNc1nnc2ccccc2n1. The minimum Gasteiger partial charge on any atom is -0.353 e. The van der Waals surface area contributed by atoms with Gasteiger partial charge in [-0.3, -0.25) is 9.63 Å². The monoisotopic (exact) mass is 345 g/mol. The van der Waals surface area contributed by atoms with Crippen LogP contribution < -0.4 is 10.8 Å². The summed E-state index contributed by atoms with van der Waals surface area (Å²) in [4.78, 5) is 21.3. The minimum absolute atomic E-state index is 0.0660. The van der Waals surface area contributed by atoms with Gasteiger partial charge in [-0.2, -0.15) is 0 Å². The van der Waals surface area contributed by atoms with Crippen molar-refractivity contribution in [2.75, 3.05) is 11.9 Å². The highest BCUT2D eigenvalue weighted by atomic mass is 16.7. The first-order valence-electron chi connectivity index (χ1n) is 8.74. The number of hydrogen-bond acceptors (Lipinski definition) is 6. The van der Waals surface area contributed by atoms with E-state index < -0.39 is 0 Å². The molecule has 7 nitrogen and oxygen atoms in total. The first-order chi connectivity index (χ1) is 11.9. The summed E-state index contributed by atoms with van der Waals surface area (Å²) in [5.74, 6) is 0.487. The average Bonchev–Trinajstić information content (AvgIpc) is 2.58. The van der Waals surface area contributed by atoms with Gasteiger partial charge in [-0.1, -0.05) is 25.0 Å². The second-order valence-corrected chi connectivity index (χ2v) is 6.95. The molecule has 2 N–H and O–H groups in total. The molecule has 0 atom stereocenters. The largest absolute Gasteiger partial charge is 0.353 e. The number of hydroxylamine groups is 1. The third-order valence-electron chi connectivity index (χ3n) is 3.45. The maximum Gasteiger partial charge on any atom is 0.243 e. The van der Waals surface area contributed by atoms with Crippen molar-refractivity contribution in [3.63, 3.8) is 0 Å². The van der Waals surface area contributed by atoms with Crippen LogP contribution in [0.25, 0.3) is 11.0 Å². The first-order valence-corrected chi connectivity index (χ1v) is 8.74. The van der Waals surface area contributed by atoms with Gasteiger partial charge in [0.2, 0.25) is 11.9 Å². The van der Waals surface area contributed by atoms with Crippen LogP contribution in [0.4, 0.5) is 5.95 Å². The Kier molecular flexibility index (Phi) is 7.06. The lowest BCUT2D eigenvalue weighted by Gasteiger charge is -2.18. The van der Waals surface area contributed by atoms with Crippen molar-refractivity contribution in [3.05, 3.63) is 24.3 Å². The zero-order valence-corrected chi connectivity index (χ0v) is 15.2. The number of amides is 1. The Labute approximate surface area is 148 Å². The molecule has 0 fully saturated rings. The Morgan fingerprint density at radius 1 is 1.04 bits per heavy atom. The number of rotatable bonds is 9. The Morgan fingerprint density at radius 3 is 2.52 bits per heavy atom. The van der Waals surface area contributed by atoms with Crippen molar-refractivity contribution in [2.45, 2.75) is 58.5 Å². The number of hydrogen-bond donors (Lipinski definition) is 2. The summed E-state index contributed by atoms with van der Waals surface area (Å²) in [5.41, 5.74) is 3.76. The number of carbonyl (C=O) groups is 1. The lowest BCUT2D eigenvalue weighted by Crippen LogP contribution is -2.33. The highest BCUT2D eigenvalue weighted by Crippen LogP contribution is 2.09. The summed E-state index contributed by atoms with van der Waals surface area (Å²) in [6.45, 7) is 6.48. The lowest BCUT2D eigenvalue weighted by atomic mass is 10.1. The number of unbranched alkanes of at least 4 members (excludes halogenated alkanes) is 3. The molecule has 7 heteroatoms. The number of fused-ring (bicyclic) bond motifs is 1. The Hall–Kier alpha value is -2.28. The van der Waals surface area contributed by atoms with Gasteiger partial charge in [-0.25, -0.2) is 10.5 Å². The standard InChI is InChI=1S/C18H27N5O2/c1-18(2,3)25-23-16(24)12-6-4-5-9-13-19-17-20-14-10-7-8-11-15(14)21-22-17/h7-8,10-11H,4-6,9,12-13H2,1-3H3,(H,23,24)(H,19,20,22). The van der Waals surface area contributed by atoms with Crippen LogP contribution in [0.3, 0.4) is 0 Å². The molecule has 136 valence electrons. The van der Waals surface area contributed by atoms with Crippen LogP contribution in [-0.4, -0.2) is 33.2 Å². The van der Waals surface area contributed by atoms with Gasteiger partial charge in [0.05, 0.1) is 11.1 Å². The predicted molar refractivity (Wildman–Crippen MR) is 97.9 cm³/mol. The van der Waals surface area contributed by atoms with E-state index in [0.29, 0.717) is 12.4 Å². The van der Waals surface area contributed by atoms with Crippen LogP contribution in [0, 0.1) is 0 Å². The Balaban J connectivity index is 1.55. The minimum atomic E-state index is -0.360. The van der Waals surface area contributed by atoms with Crippen LogP contribution in [0.5, 0.6) is 0 Å². The highest BCUT2D eigenvalue weighted by molar-refractivity contribution is 5.74. The molecule has 0 spiro atoms. The van der Waals surface area contributed by atoms with Crippen LogP contribution in [0.1, 0.15) is 52.9 Å². The first kappa shape index (κ1) is 19.1. The number of benzene rings is 1. The van der Waals surface area contributed by atoms with Crippen molar-refractivity contribution in [1.29, 1.82) is 0 Å². The van der Waals surface area contributed by atoms with Crippen molar-refractivity contribution < 1.29 is 9.63 Å². The highest BCUT2D eigenvalue weighted by Gasteiger charge is 2.12. The van der Waals surface area contributed by atoms with Crippen LogP contribution in [-0.2, 0) is 9.63 Å². The second kappa shape index (κ2) is 9.27. The molecule has 2 rings (SSSR count). The number of nitrogens with zero attached hydrogens (tertiary/aromatic N) is 3. The second-order valence-electron chi connectivity index (χ2n) is 6.95. The topological polar surface area (TPSA) is 89.0 Å². The fourth-order valence-electron chi connectivity index (χ4n) is 2.18. The fraction of sp³-hybridized carbons (Fsp3) is 0.556. The van der Waals surface area contributed by atoms with E-state index in [1.54, 1.807) is 0 Å². The van der Waals surface area contributed by atoms with Gasteiger partial charge in [-0.15, -0.1) is 10.2 Å².